The van der Waals surface area contributed by atoms with E-state index in [1.54, 1.807) is 24.5 Å². The first-order valence-corrected chi connectivity index (χ1v) is 7.79. The number of pyridine rings is 1. The Morgan fingerprint density at radius 3 is 2.58 bits per heavy atom. The van der Waals surface area contributed by atoms with Gasteiger partial charge in [-0.1, -0.05) is 12.1 Å². The van der Waals surface area contributed by atoms with Crippen molar-refractivity contribution in [1.29, 1.82) is 0 Å². The summed E-state index contributed by atoms with van der Waals surface area (Å²) in [7, 11) is 1.89. The number of anilines is 1. The molecule has 0 spiro atoms. The first-order chi connectivity index (χ1) is 11.8. The summed E-state index contributed by atoms with van der Waals surface area (Å²) >= 11 is 0. The van der Waals surface area contributed by atoms with E-state index in [1.165, 1.54) is 0 Å². The summed E-state index contributed by atoms with van der Waals surface area (Å²) in [6, 6.07) is 15.3. The Balaban J connectivity index is 1.57. The van der Waals surface area contributed by atoms with Crippen LogP contribution in [0.25, 0.3) is 10.8 Å². The monoisotopic (exact) mass is 321 g/mol. The smallest absolute Gasteiger partial charge is 0.251 e. The van der Waals surface area contributed by atoms with Crippen LogP contribution in [0.3, 0.4) is 0 Å². The molecule has 0 aliphatic rings. The molecule has 0 saturated carbocycles. The van der Waals surface area contributed by atoms with Crippen LogP contribution in [0.2, 0.25) is 0 Å². The molecule has 3 aromatic rings. The average Bonchev–Trinajstić information content (AvgIpc) is 2.65. The Morgan fingerprint density at radius 1 is 1.04 bits per heavy atom. The summed E-state index contributed by atoms with van der Waals surface area (Å²) in [5, 5.41) is 8.11. The topological polar surface area (TPSA) is 63.2 Å². The van der Waals surface area contributed by atoms with E-state index < -0.39 is 0 Å². The summed E-state index contributed by atoms with van der Waals surface area (Å²) in [6.07, 6.45) is 3.34. The number of carbonyl (C=O) groups is 1. The van der Waals surface area contributed by atoms with E-state index >= 15 is 0 Å². The molecule has 0 saturated heterocycles. The predicted molar refractivity (Wildman–Crippen MR) is 95.6 cm³/mol. The zero-order valence-corrected chi connectivity index (χ0v) is 13.5. The second kappa shape index (κ2) is 7.46. The maximum atomic E-state index is 12.2. The van der Waals surface area contributed by atoms with Crippen molar-refractivity contribution in [3.63, 3.8) is 0 Å². The second-order valence-corrected chi connectivity index (χ2v) is 5.31. The first-order valence-electron chi connectivity index (χ1n) is 7.79. The van der Waals surface area contributed by atoms with E-state index in [1.807, 2.05) is 37.4 Å². The van der Waals surface area contributed by atoms with Gasteiger partial charge in [0.15, 0.2) is 0 Å². The molecule has 5 heteroatoms. The molecule has 2 aromatic carbocycles. The predicted octanol–water partition coefficient (Wildman–Crippen LogP) is 3.09. The van der Waals surface area contributed by atoms with Crippen molar-refractivity contribution in [3.8, 4) is 5.75 Å². The van der Waals surface area contributed by atoms with E-state index in [9.17, 15) is 4.79 Å². The molecule has 0 aliphatic carbocycles. The molecule has 1 aromatic heterocycles. The van der Waals surface area contributed by atoms with E-state index in [0.29, 0.717) is 18.7 Å². The third-order valence-electron chi connectivity index (χ3n) is 3.70. The molecule has 0 unspecified atom stereocenters. The lowest BCUT2D eigenvalue weighted by Gasteiger charge is -2.09. The van der Waals surface area contributed by atoms with Crippen molar-refractivity contribution in [2.45, 2.75) is 0 Å². The van der Waals surface area contributed by atoms with Crippen molar-refractivity contribution >= 4 is 22.4 Å². The fraction of sp³-hybridized carbons (Fsp3) is 0.158. The van der Waals surface area contributed by atoms with Gasteiger partial charge < -0.3 is 15.4 Å². The fourth-order valence-electron chi connectivity index (χ4n) is 2.41. The quantitative estimate of drug-likeness (QED) is 0.685. The van der Waals surface area contributed by atoms with Crippen molar-refractivity contribution in [2.75, 3.05) is 25.5 Å². The van der Waals surface area contributed by atoms with Gasteiger partial charge in [0.1, 0.15) is 12.4 Å². The zero-order valence-electron chi connectivity index (χ0n) is 13.5. The number of benzene rings is 2. The number of aromatic nitrogens is 1. The summed E-state index contributed by atoms with van der Waals surface area (Å²) in [5.41, 5.74) is 1.69. The molecule has 1 heterocycles. The maximum absolute atomic E-state index is 12.2. The van der Waals surface area contributed by atoms with Gasteiger partial charge in [0.25, 0.3) is 5.91 Å². The number of carbonyl (C=O) groups excluding carboxylic acids is 1. The van der Waals surface area contributed by atoms with Crippen LogP contribution in [-0.2, 0) is 0 Å². The van der Waals surface area contributed by atoms with E-state index in [4.69, 9.17) is 4.74 Å². The van der Waals surface area contributed by atoms with Crippen molar-refractivity contribution in [1.82, 2.24) is 10.3 Å². The Labute approximate surface area is 140 Å². The van der Waals surface area contributed by atoms with Gasteiger partial charge in [-0.3, -0.25) is 9.78 Å². The minimum atomic E-state index is -0.104. The van der Waals surface area contributed by atoms with Crippen LogP contribution >= 0.6 is 0 Å². The number of nitrogens with zero attached hydrogens (tertiary/aromatic N) is 1. The number of amides is 1. The molecule has 122 valence electrons. The standard InChI is InChI=1S/C19H19N3O2/c1-20-17-5-4-14-12-16(3-2-15(14)13-17)19(23)22-10-11-24-18-6-8-21-9-7-18/h2-9,12-13,20H,10-11H2,1H3,(H,22,23). The Hall–Kier alpha value is -3.08. The number of hydrogen-bond donors (Lipinski definition) is 2. The second-order valence-electron chi connectivity index (χ2n) is 5.31. The van der Waals surface area contributed by atoms with Crippen molar-refractivity contribution < 1.29 is 9.53 Å². The molecule has 3 rings (SSSR count). The zero-order chi connectivity index (χ0) is 16.8. The molecule has 2 N–H and O–H groups in total. The highest BCUT2D eigenvalue weighted by Crippen LogP contribution is 2.20. The van der Waals surface area contributed by atoms with Crippen LogP contribution in [0, 0.1) is 0 Å². The van der Waals surface area contributed by atoms with Crippen molar-refractivity contribution in [2.24, 2.45) is 0 Å². The molecule has 5 nitrogen and oxygen atoms in total. The van der Waals surface area contributed by atoms with Crippen LogP contribution in [-0.4, -0.2) is 31.1 Å². The number of ether oxygens (including phenoxy) is 1. The number of nitrogens with one attached hydrogen (secondary N) is 2. The summed E-state index contributed by atoms with van der Waals surface area (Å²) in [4.78, 5) is 16.2. The highest BCUT2D eigenvalue weighted by molar-refractivity contribution is 5.99. The van der Waals surface area contributed by atoms with Gasteiger partial charge in [-0.25, -0.2) is 0 Å². The largest absolute Gasteiger partial charge is 0.492 e. The Bertz CT molecular complexity index is 834. The van der Waals surface area contributed by atoms with Crippen LogP contribution in [0.1, 0.15) is 10.4 Å². The third-order valence-corrected chi connectivity index (χ3v) is 3.70. The highest BCUT2D eigenvalue weighted by Gasteiger charge is 2.06. The fourth-order valence-corrected chi connectivity index (χ4v) is 2.41. The number of fused-ring (bicyclic) bond motifs is 1. The molecule has 24 heavy (non-hydrogen) atoms. The molecule has 0 atom stereocenters. The van der Waals surface area contributed by atoms with Crippen LogP contribution < -0.4 is 15.4 Å². The van der Waals surface area contributed by atoms with Crippen LogP contribution in [0.4, 0.5) is 5.69 Å². The molecule has 0 fully saturated rings. The number of rotatable bonds is 6. The molecular formula is C19H19N3O2. The van der Waals surface area contributed by atoms with E-state index in [-0.39, 0.29) is 5.91 Å². The minimum absolute atomic E-state index is 0.104. The minimum Gasteiger partial charge on any atom is -0.492 e. The lowest BCUT2D eigenvalue weighted by molar-refractivity contribution is 0.0947. The third kappa shape index (κ3) is 3.81. The van der Waals surface area contributed by atoms with E-state index in [2.05, 4.69) is 21.7 Å². The SMILES string of the molecule is CNc1ccc2cc(C(=O)NCCOc3ccncc3)ccc2c1. The highest BCUT2D eigenvalue weighted by atomic mass is 16.5. The van der Waals surface area contributed by atoms with Gasteiger partial charge in [-0.05, 0) is 47.2 Å². The molecule has 0 radical (unpaired) electrons. The number of hydrogen-bond acceptors (Lipinski definition) is 4. The van der Waals surface area contributed by atoms with Gasteiger partial charge in [0.2, 0.25) is 0 Å². The van der Waals surface area contributed by atoms with Crippen molar-refractivity contribution in [3.05, 3.63) is 66.5 Å². The van der Waals surface area contributed by atoms with Gasteiger partial charge in [-0.15, -0.1) is 0 Å². The Morgan fingerprint density at radius 2 is 1.79 bits per heavy atom. The summed E-state index contributed by atoms with van der Waals surface area (Å²) in [5.74, 6) is 0.637. The molecule has 0 aliphatic heterocycles. The maximum Gasteiger partial charge on any atom is 0.251 e. The van der Waals surface area contributed by atoms with Gasteiger partial charge >= 0.3 is 0 Å². The van der Waals surface area contributed by atoms with Gasteiger partial charge in [0.05, 0.1) is 6.54 Å². The lowest BCUT2D eigenvalue weighted by atomic mass is 10.1. The van der Waals surface area contributed by atoms with Crippen LogP contribution in [0.15, 0.2) is 60.9 Å². The normalized spacial score (nSPS) is 10.4. The molecule has 0 bridgehead atoms. The van der Waals surface area contributed by atoms with Gasteiger partial charge in [-0.2, -0.15) is 0 Å². The van der Waals surface area contributed by atoms with Gasteiger partial charge in [0, 0.05) is 30.7 Å². The molecule has 1 amide bonds. The van der Waals surface area contributed by atoms with Crippen LogP contribution in [0.5, 0.6) is 5.75 Å². The Kier molecular flexibility index (Phi) is 4.91. The first kappa shape index (κ1) is 15.8. The lowest BCUT2D eigenvalue weighted by Crippen LogP contribution is -2.28. The average molecular weight is 321 g/mol. The molecular weight excluding hydrogens is 302 g/mol. The summed E-state index contributed by atoms with van der Waals surface area (Å²) in [6.45, 7) is 0.854. The van der Waals surface area contributed by atoms with E-state index in [0.717, 1.165) is 22.2 Å². The summed E-state index contributed by atoms with van der Waals surface area (Å²) < 4.78 is 5.53.